The Balaban J connectivity index is 1.63. The Morgan fingerprint density at radius 3 is 2.34 bits per heavy atom. The smallest absolute Gasteiger partial charge is 0.309 e. The van der Waals surface area contributed by atoms with Crippen LogP contribution in [0.1, 0.15) is 99.5 Å². The number of benzene rings is 2. The number of halogens is 3. The molecule has 1 saturated carbocycles. The number of unbranched alkanes of at least 4 members (excludes halogenated alkanes) is 2. The first-order valence-electron chi connectivity index (χ1n) is 11.7. The van der Waals surface area contributed by atoms with Gasteiger partial charge in [-0.1, -0.05) is 50.8 Å². The van der Waals surface area contributed by atoms with Crippen molar-refractivity contribution in [3.05, 3.63) is 70.5 Å². The lowest BCUT2D eigenvalue weighted by Crippen LogP contribution is -2.22. The van der Waals surface area contributed by atoms with Crippen molar-refractivity contribution in [2.24, 2.45) is 5.92 Å². The van der Waals surface area contributed by atoms with Crippen LogP contribution >= 0.6 is 0 Å². The molecule has 2 nitrogen and oxygen atoms in total. The molecule has 1 unspecified atom stereocenters. The monoisotopic (exact) mass is 443 g/mol. The fourth-order valence-corrected chi connectivity index (χ4v) is 4.67. The Kier molecular flexibility index (Phi) is 8.37. The van der Waals surface area contributed by atoms with Gasteiger partial charge in [-0.25, -0.2) is 4.39 Å². The van der Waals surface area contributed by atoms with Crippen LogP contribution in [0.15, 0.2) is 42.5 Å². The average molecular weight is 444 g/mol. The van der Waals surface area contributed by atoms with Crippen molar-refractivity contribution < 1.29 is 17.9 Å². The van der Waals surface area contributed by atoms with Crippen molar-refractivity contribution >= 4 is 0 Å². The van der Waals surface area contributed by atoms with Crippen LogP contribution in [0, 0.1) is 23.1 Å². The standard InChI is InChI=1S/C27H32F3NO/c1-3-4-5-6-20-7-13-23(14-8-20)24-15-16-25(26(28)17-24)27(29,30)32-19(2)22-11-9-21(18-31)10-12-22/h9-12,15-17,19-20,23H,3-8,13-14H2,1-2H3. The van der Waals surface area contributed by atoms with Crippen molar-refractivity contribution in [2.45, 2.75) is 83.3 Å². The molecular formula is C27H32F3NO. The van der Waals surface area contributed by atoms with Crippen LogP contribution < -0.4 is 0 Å². The largest absolute Gasteiger partial charge is 0.386 e. The van der Waals surface area contributed by atoms with E-state index in [0.717, 1.165) is 37.2 Å². The summed E-state index contributed by atoms with van der Waals surface area (Å²) in [5.74, 6) is 0.0426. The van der Waals surface area contributed by atoms with Gasteiger partial charge in [-0.3, -0.25) is 0 Å². The summed E-state index contributed by atoms with van der Waals surface area (Å²) in [5.41, 5.74) is 0.991. The molecule has 1 fully saturated rings. The zero-order chi connectivity index (χ0) is 23.1. The SMILES string of the molecule is CCCCCC1CCC(c2ccc(C(F)(F)OC(C)c3ccc(C#N)cc3)c(F)c2)CC1. The zero-order valence-electron chi connectivity index (χ0n) is 18.9. The van der Waals surface area contributed by atoms with Crippen LogP contribution in [-0.2, 0) is 10.8 Å². The van der Waals surface area contributed by atoms with Gasteiger partial charge < -0.3 is 4.74 Å². The summed E-state index contributed by atoms with van der Waals surface area (Å²) in [7, 11) is 0. The molecule has 1 atom stereocenters. The van der Waals surface area contributed by atoms with Gasteiger partial charge in [-0.2, -0.15) is 14.0 Å². The van der Waals surface area contributed by atoms with E-state index in [1.165, 1.54) is 44.7 Å². The number of ether oxygens (including phenoxy) is 1. The predicted octanol–water partition coefficient (Wildman–Crippen LogP) is 8.38. The zero-order valence-corrected chi connectivity index (χ0v) is 18.9. The number of nitrogens with zero attached hydrogens (tertiary/aromatic N) is 1. The Morgan fingerprint density at radius 1 is 1.06 bits per heavy atom. The molecule has 0 aromatic heterocycles. The fraction of sp³-hybridized carbons (Fsp3) is 0.519. The van der Waals surface area contributed by atoms with Crippen LogP contribution in [-0.4, -0.2) is 0 Å². The minimum atomic E-state index is -3.76. The van der Waals surface area contributed by atoms with Crippen molar-refractivity contribution in [3.63, 3.8) is 0 Å². The first-order valence-corrected chi connectivity index (χ1v) is 11.7. The summed E-state index contributed by atoms with van der Waals surface area (Å²) < 4.78 is 49.2. The molecule has 0 saturated heterocycles. The molecule has 32 heavy (non-hydrogen) atoms. The second kappa shape index (κ2) is 11.0. The number of hydrogen-bond donors (Lipinski definition) is 0. The van der Waals surface area contributed by atoms with Gasteiger partial charge in [0.05, 0.1) is 23.3 Å². The Labute approximate surface area is 189 Å². The topological polar surface area (TPSA) is 33.0 Å². The minimum absolute atomic E-state index is 0.230. The Morgan fingerprint density at radius 2 is 1.75 bits per heavy atom. The van der Waals surface area contributed by atoms with E-state index in [1.54, 1.807) is 30.3 Å². The van der Waals surface area contributed by atoms with Gasteiger partial charge in [-0.05, 0) is 79.8 Å². The van der Waals surface area contributed by atoms with Crippen molar-refractivity contribution in [2.75, 3.05) is 0 Å². The van der Waals surface area contributed by atoms with E-state index in [-0.39, 0.29) is 5.92 Å². The maximum atomic E-state index is 14.8. The normalized spacial score (nSPS) is 20.0. The molecule has 0 amide bonds. The molecule has 0 radical (unpaired) electrons. The molecule has 2 aromatic rings. The van der Waals surface area contributed by atoms with Gasteiger partial charge in [0, 0.05) is 0 Å². The summed E-state index contributed by atoms with van der Waals surface area (Å²) >= 11 is 0. The summed E-state index contributed by atoms with van der Waals surface area (Å²) in [6, 6.07) is 12.3. The third kappa shape index (κ3) is 6.13. The van der Waals surface area contributed by atoms with Crippen molar-refractivity contribution in [1.29, 1.82) is 5.26 Å². The van der Waals surface area contributed by atoms with Gasteiger partial charge in [0.2, 0.25) is 0 Å². The lowest BCUT2D eigenvalue weighted by atomic mass is 9.77. The third-order valence-corrected chi connectivity index (χ3v) is 6.67. The number of nitriles is 1. The van der Waals surface area contributed by atoms with Crippen molar-refractivity contribution in [1.82, 2.24) is 0 Å². The average Bonchev–Trinajstić information content (AvgIpc) is 2.79. The number of hydrogen-bond acceptors (Lipinski definition) is 2. The highest BCUT2D eigenvalue weighted by molar-refractivity contribution is 5.33. The predicted molar refractivity (Wildman–Crippen MR) is 120 cm³/mol. The van der Waals surface area contributed by atoms with Crippen LogP contribution in [0.3, 0.4) is 0 Å². The molecule has 1 aliphatic carbocycles. The second-order valence-corrected chi connectivity index (χ2v) is 8.96. The van der Waals surface area contributed by atoms with Crippen LogP contribution in [0.2, 0.25) is 0 Å². The maximum Gasteiger partial charge on any atom is 0.386 e. The highest BCUT2D eigenvalue weighted by atomic mass is 19.3. The van der Waals surface area contributed by atoms with E-state index in [4.69, 9.17) is 10.00 Å². The Bertz CT molecular complexity index is 911. The van der Waals surface area contributed by atoms with Crippen LogP contribution in [0.25, 0.3) is 0 Å². The van der Waals surface area contributed by atoms with Gasteiger partial charge in [0.25, 0.3) is 0 Å². The molecule has 0 heterocycles. The summed E-state index contributed by atoms with van der Waals surface area (Å²) in [5, 5.41) is 8.86. The first-order chi connectivity index (χ1) is 15.3. The molecule has 0 spiro atoms. The fourth-order valence-electron chi connectivity index (χ4n) is 4.67. The van der Waals surface area contributed by atoms with E-state index in [2.05, 4.69) is 6.92 Å². The molecular weight excluding hydrogens is 411 g/mol. The molecule has 1 aliphatic rings. The van der Waals surface area contributed by atoms with Gasteiger partial charge >= 0.3 is 6.11 Å². The lowest BCUT2D eigenvalue weighted by Gasteiger charge is -2.29. The second-order valence-electron chi connectivity index (χ2n) is 8.96. The van der Waals surface area contributed by atoms with E-state index in [9.17, 15) is 13.2 Å². The molecule has 2 aromatic carbocycles. The first kappa shape index (κ1) is 24.3. The van der Waals surface area contributed by atoms with Gasteiger partial charge in [-0.15, -0.1) is 0 Å². The number of alkyl halides is 2. The summed E-state index contributed by atoms with van der Waals surface area (Å²) in [6.07, 6.45) is 4.52. The van der Waals surface area contributed by atoms with Crippen LogP contribution in [0.4, 0.5) is 13.2 Å². The lowest BCUT2D eigenvalue weighted by molar-refractivity contribution is -0.273. The molecule has 0 N–H and O–H groups in total. The van der Waals surface area contributed by atoms with Gasteiger partial charge in [0.1, 0.15) is 5.82 Å². The van der Waals surface area contributed by atoms with E-state index in [0.29, 0.717) is 11.1 Å². The third-order valence-electron chi connectivity index (χ3n) is 6.67. The summed E-state index contributed by atoms with van der Waals surface area (Å²) in [4.78, 5) is 0. The molecule has 0 aliphatic heterocycles. The van der Waals surface area contributed by atoms with Crippen molar-refractivity contribution in [3.8, 4) is 6.07 Å². The van der Waals surface area contributed by atoms with Gasteiger partial charge in [0.15, 0.2) is 0 Å². The molecule has 0 bridgehead atoms. The van der Waals surface area contributed by atoms with E-state index >= 15 is 0 Å². The minimum Gasteiger partial charge on any atom is -0.309 e. The molecule has 172 valence electrons. The van der Waals surface area contributed by atoms with E-state index in [1.807, 2.05) is 6.07 Å². The van der Waals surface area contributed by atoms with Crippen LogP contribution in [0.5, 0.6) is 0 Å². The quantitative estimate of drug-likeness (QED) is 0.365. The highest BCUT2D eigenvalue weighted by Crippen LogP contribution is 2.41. The van der Waals surface area contributed by atoms with E-state index < -0.39 is 23.6 Å². The number of rotatable bonds is 9. The maximum absolute atomic E-state index is 14.8. The Hall–Kier alpha value is -2.32. The molecule has 5 heteroatoms. The summed E-state index contributed by atoms with van der Waals surface area (Å²) in [6.45, 7) is 3.69. The highest BCUT2D eigenvalue weighted by Gasteiger charge is 2.38. The molecule has 3 rings (SSSR count).